The maximum Gasteiger partial charge on any atom is 0.275 e. The van der Waals surface area contributed by atoms with Crippen LogP contribution in [0.2, 0.25) is 0 Å². The zero-order valence-electron chi connectivity index (χ0n) is 12.6. The van der Waals surface area contributed by atoms with Crippen molar-refractivity contribution in [3.8, 4) is 5.69 Å². The molecule has 0 unspecified atom stereocenters. The van der Waals surface area contributed by atoms with Crippen LogP contribution >= 0.6 is 0 Å². The molecule has 2 rings (SSSR count). The highest BCUT2D eigenvalue weighted by Crippen LogP contribution is 2.22. The summed E-state index contributed by atoms with van der Waals surface area (Å²) in [5, 5.41) is 3.19. The topological polar surface area (TPSA) is 37.8 Å². The van der Waals surface area contributed by atoms with Crippen molar-refractivity contribution < 1.29 is 0 Å². The Morgan fingerprint density at radius 3 is 2.16 bits per heavy atom. The summed E-state index contributed by atoms with van der Waals surface area (Å²) in [6.45, 7) is 12.3. The van der Waals surface area contributed by atoms with Crippen molar-refractivity contribution in [2.75, 3.05) is 0 Å². The van der Waals surface area contributed by atoms with Gasteiger partial charge < -0.3 is 0 Å². The summed E-state index contributed by atoms with van der Waals surface area (Å²) in [4.78, 5) is 12.6. The fourth-order valence-electron chi connectivity index (χ4n) is 2.48. The molecule has 0 saturated heterocycles. The lowest BCUT2D eigenvalue weighted by atomic mass is 9.87. The van der Waals surface area contributed by atoms with Crippen molar-refractivity contribution in [2.45, 2.75) is 47.0 Å². The lowest BCUT2D eigenvalue weighted by molar-refractivity contribution is 0.581. The number of hydrogen-bond acceptors (Lipinski definition) is 1. The van der Waals surface area contributed by atoms with Crippen LogP contribution in [0.3, 0.4) is 0 Å². The van der Waals surface area contributed by atoms with Crippen molar-refractivity contribution in [2.24, 2.45) is 0 Å². The van der Waals surface area contributed by atoms with E-state index in [1.165, 1.54) is 11.1 Å². The van der Waals surface area contributed by atoms with Gasteiger partial charge in [-0.2, -0.15) is 0 Å². The molecule has 0 amide bonds. The summed E-state index contributed by atoms with van der Waals surface area (Å²) in [5.41, 5.74) is 5.01. The molecule has 19 heavy (non-hydrogen) atoms. The molecule has 1 N–H and O–H groups in total. The summed E-state index contributed by atoms with van der Waals surface area (Å²) >= 11 is 0. The zero-order valence-corrected chi connectivity index (χ0v) is 12.6. The highest BCUT2D eigenvalue weighted by molar-refractivity contribution is 5.40. The molecule has 102 valence electrons. The Bertz CT molecular complexity index is 669. The van der Waals surface area contributed by atoms with E-state index >= 15 is 0 Å². The summed E-state index contributed by atoms with van der Waals surface area (Å²) < 4.78 is 1.64. The van der Waals surface area contributed by atoms with Gasteiger partial charge in [-0.3, -0.25) is 9.89 Å². The van der Waals surface area contributed by atoms with E-state index < -0.39 is 0 Å². The smallest absolute Gasteiger partial charge is 0.275 e. The maximum absolute atomic E-state index is 12.6. The van der Waals surface area contributed by atoms with Crippen LogP contribution in [0.1, 0.15) is 43.2 Å². The van der Waals surface area contributed by atoms with Gasteiger partial charge in [0, 0.05) is 11.3 Å². The number of benzene rings is 1. The Balaban J connectivity index is 2.65. The quantitative estimate of drug-likeness (QED) is 0.836. The van der Waals surface area contributed by atoms with E-state index in [0.29, 0.717) is 0 Å². The highest BCUT2D eigenvalue weighted by Gasteiger charge is 2.24. The Morgan fingerprint density at radius 1 is 1.05 bits per heavy atom. The molecule has 0 spiro atoms. The third-order valence-electron chi connectivity index (χ3n) is 3.57. The lowest BCUT2D eigenvalue weighted by Gasteiger charge is -2.15. The summed E-state index contributed by atoms with van der Waals surface area (Å²) in [6, 6.07) is 6.06. The van der Waals surface area contributed by atoms with Gasteiger partial charge in [-0.05, 0) is 49.4 Å². The third-order valence-corrected chi connectivity index (χ3v) is 3.57. The first-order chi connectivity index (χ1) is 8.71. The molecule has 0 aliphatic rings. The molecular weight excluding hydrogens is 236 g/mol. The molecule has 3 heteroatoms. The van der Waals surface area contributed by atoms with Gasteiger partial charge in [-0.15, -0.1) is 0 Å². The SMILES string of the molecule is Cc1ccc(-n2[nH]c(C)c(C(C)(C)C)c2=O)cc1C. The Hall–Kier alpha value is -1.77. The Morgan fingerprint density at radius 2 is 1.68 bits per heavy atom. The van der Waals surface area contributed by atoms with Crippen molar-refractivity contribution in [3.05, 3.63) is 50.9 Å². The molecular formula is C16H22N2O. The van der Waals surface area contributed by atoms with Crippen LogP contribution in [0.5, 0.6) is 0 Å². The van der Waals surface area contributed by atoms with E-state index in [2.05, 4.69) is 39.7 Å². The number of nitrogens with zero attached hydrogens (tertiary/aromatic N) is 1. The van der Waals surface area contributed by atoms with E-state index in [9.17, 15) is 4.79 Å². The minimum absolute atomic E-state index is 0.0493. The molecule has 0 saturated carbocycles. The molecule has 0 aliphatic carbocycles. The van der Waals surface area contributed by atoms with Crippen LogP contribution in [-0.4, -0.2) is 9.78 Å². The molecule has 3 nitrogen and oxygen atoms in total. The van der Waals surface area contributed by atoms with Gasteiger partial charge in [0.15, 0.2) is 0 Å². The predicted octanol–water partition coefficient (Wildman–Crippen LogP) is 3.39. The first-order valence-corrected chi connectivity index (χ1v) is 6.61. The van der Waals surface area contributed by atoms with E-state index in [1.54, 1.807) is 4.68 Å². The number of hydrogen-bond donors (Lipinski definition) is 1. The van der Waals surface area contributed by atoms with Crippen molar-refractivity contribution >= 4 is 0 Å². The van der Waals surface area contributed by atoms with Crippen LogP contribution in [0.25, 0.3) is 5.69 Å². The van der Waals surface area contributed by atoms with E-state index in [4.69, 9.17) is 0 Å². The maximum atomic E-state index is 12.6. The van der Waals surface area contributed by atoms with Crippen molar-refractivity contribution in [1.29, 1.82) is 0 Å². The number of H-pyrrole nitrogens is 1. The number of aromatic amines is 1. The number of aromatic nitrogens is 2. The first kappa shape index (κ1) is 13.7. The molecule has 2 aromatic rings. The molecule has 0 aliphatic heterocycles. The third kappa shape index (κ3) is 2.37. The van der Waals surface area contributed by atoms with Crippen LogP contribution in [0.15, 0.2) is 23.0 Å². The largest absolute Gasteiger partial charge is 0.295 e. The monoisotopic (exact) mass is 258 g/mol. The van der Waals surface area contributed by atoms with Gasteiger partial charge in [0.1, 0.15) is 0 Å². The van der Waals surface area contributed by atoms with Crippen molar-refractivity contribution in [1.82, 2.24) is 9.78 Å². The van der Waals surface area contributed by atoms with Gasteiger partial charge >= 0.3 is 0 Å². The molecule has 0 fully saturated rings. The van der Waals surface area contributed by atoms with Gasteiger partial charge in [0.25, 0.3) is 5.56 Å². The standard InChI is InChI=1S/C16H22N2O/c1-10-7-8-13(9-11(10)2)18-15(19)14(12(3)17-18)16(4,5)6/h7-9,17H,1-6H3. The van der Waals surface area contributed by atoms with E-state index in [1.807, 2.05) is 25.1 Å². The van der Waals surface area contributed by atoms with Gasteiger partial charge in [-0.1, -0.05) is 26.8 Å². The van der Waals surface area contributed by atoms with Crippen LogP contribution in [-0.2, 0) is 5.41 Å². The molecule has 0 radical (unpaired) electrons. The fraction of sp³-hybridized carbons (Fsp3) is 0.438. The van der Waals surface area contributed by atoms with Crippen LogP contribution < -0.4 is 5.56 Å². The second kappa shape index (κ2) is 4.41. The summed E-state index contributed by atoms with van der Waals surface area (Å²) in [6.07, 6.45) is 0. The highest BCUT2D eigenvalue weighted by atomic mass is 16.1. The number of nitrogens with one attached hydrogen (secondary N) is 1. The van der Waals surface area contributed by atoms with Gasteiger partial charge in [0.05, 0.1) is 5.69 Å². The Kier molecular flexibility index (Phi) is 3.17. The van der Waals surface area contributed by atoms with Gasteiger partial charge in [-0.25, -0.2) is 4.68 Å². The summed E-state index contributed by atoms with van der Waals surface area (Å²) in [5.74, 6) is 0. The van der Waals surface area contributed by atoms with E-state index in [-0.39, 0.29) is 11.0 Å². The normalized spacial score (nSPS) is 11.9. The minimum Gasteiger partial charge on any atom is -0.295 e. The number of rotatable bonds is 1. The molecule has 1 heterocycles. The zero-order chi connectivity index (χ0) is 14.4. The number of aryl methyl sites for hydroxylation is 3. The van der Waals surface area contributed by atoms with Crippen LogP contribution in [0.4, 0.5) is 0 Å². The van der Waals surface area contributed by atoms with Gasteiger partial charge in [0.2, 0.25) is 0 Å². The molecule has 1 aromatic carbocycles. The summed E-state index contributed by atoms with van der Waals surface area (Å²) in [7, 11) is 0. The second-order valence-corrected chi connectivity index (χ2v) is 6.27. The average molecular weight is 258 g/mol. The minimum atomic E-state index is -0.150. The molecule has 0 atom stereocenters. The molecule has 1 aromatic heterocycles. The van der Waals surface area contributed by atoms with E-state index in [0.717, 1.165) is 16.9 Å². The predicted molar refractivity (Wildman–Crippen MR) is 79.3 cm³/mol. The average Bonchev–Trinajstić information content (AvgIpc) is 2.57. The lowest BCUT2D eigenvalue weighted by Crippen LogP contribution is -2.25. The Labute approximate surface area is 114 Å². The fourth-order valence-corrected chi connectivity index (χ4v) is 2.48. The van der Waals surface area contributed by atoms with Crippen molar-refractivity contribution in [3.63, 3.8) is 0 Å². The molecule has 0 bridgehead atoms. The second-order valence-electron chi connectivity index (χ2n) is 6.27. The first-order valence-electron chi connectivity index (χ1n) is 6.61. The van der Waals surface area contributed by atoms with Crippen LogP contribution in [0, 0.1) is 20.8 Å².